The molecule has 0 bridgehead atoms. The molecule has 27 rings (SSSR count). The molecule has 0 amide bonds. The lowest BCUT2D eigenvalue weighted by molar-refractivity contribution is 0.423. The number of hydrogen-bond acceptors (Lipinski definition) is 15. The molecule has 0 atom stereocenters. The third-order valence-corrected chi connectivity index (χ3v) is 31.0. The second-order valence-corrected chi connectivity index (χ2v) is 38.5. The molecule has 12 nitrogen and oxygen atoms in total. The molecule has 0 saturated heterocycles. The van der Waals surface area contributed by atoms with Crippen LogP contribution in [-0.2, 0) is 0 Å². The number of rotatable bonds is 17. The van der Waals surface area contributed by atoms with Crippen LogP contribution in [0.2, 0.25) is 0 Å². The van der Waals surface area contributed by atoms with Crippen LogP contribution in [0.4, 0.5) is 0 Å². The van der Waals surface area contributed by atoms with Gasteiger partial charge in [0.15, 0.2) is 17.9 Å². The Bertz CT molecular complexity index is 8370. The zero-order chi connectivity index (χ0) is 94.7. The summed E-state index contributed by atoms with van der Waals surface area (Å²) in [5.74, 6) is 1.67. The predicted octanol–water partition coefficient (Wildman–Crippen LogP) is 35.6. The molecule has 0 N–H and O–H groups in total. The summed E-state index contributed by atoms with van der Waals surface area (Å²) in [6, 6.07) is 167. The molecule has 0 spiro atoms. The Balaban J connectivity index is 0.0000000990. The molecule has 0 fully saturated rings. The van der Waals surface area contributed by atoms with Gasteiger partial charge in [-0.1, -0.05) is 477 Å². The zero-order valence-corrected chi connectivity index (χ0v) is 80.3. The molecule has 0 radical (unpaired) electrons. The summed E-state index contributed by atoms with van der Waals surface area (Å²) in [5.41, 5.74) is 21.0. The fraction of sp³-hybridized carbons (Fsp3) is 0. The highest BCUT2D eigenvalue weighted by molar-refractivity contribution is 7.22. The Hall–Kier alpha value is -17.6. The van der Waals surface area contributed by atoms with Crippen molar-refractivity contribution >= 4 is 111 Å². The number of nitrogens with zero attached hydrogens (tertiary/aromatic N) is 9. The Morgan fingerprint density at radius 2 is 0.500 bits per heavy atom. The Labute approximate surface area is 839 Å². The molecule has 10 heterocycles. The maximum Gasteiger partial charge on any atom is 0.185 e. The Kier molecular flexibility index (Phi) is 25.5. The van der Waals surface area contributed by atoms with Crippen LogP contribution in [0, 0.1) is 0 Å². The lowest BCUT2D eigenvalue weighted by Crippen LogP contribution is -1.99. The van der Waals surface area contributed by atoms with Gasteiger partial charge >= 0.3 is 0 Å². The van der Waals surface area contributed by atoms with Crippen molar-refractivity contribution in [2.45, 2.75) is 0 Å². The van der Waals surface area contributed by atoms with E-state index < -0.39 is 0 Å². The van der Waals surface area contributed by atoms with Crippen LogP contribution in [0.15, 0.2) is 518 Å². The van der Waals surface area contributed by atoms with Gasteiger partial charge in [0.1, 0.15) is 40.4 Å². The van der Waals surface area contributed by atoms with Crippen LogP contribution in [0.5, 0.6) is 0 Å². The van der Waals surface area contributed by atoms with E-state index in [0.717, 1.165) is 120 Å². The molecule has 0 saturated carbocycles. The van der Waals surface area contributed by atoms with Gasteiger partial charge in [-0.2, -0.15) is 4.80 Å². The molecule has 10 aromatic heterocycles. The summed E-state index contributed by atoms with van der Waals surface area (Å²) in [4.78, 5) is 18.2. The monoisotopic (exact) mass is 1920 g/mol. The Morgan fingerprint density at radius 1 is 0.218 bits per heavy atom. The van der Waals surface area contributed by atoms with Crippen molar-refractivity contribution in [3.05, 3.63) is 504 Å². The van der Waals surface area contributed by atoms with E-state index in [2.05, 4.69) is 360 Å². The van der Waals surface area contributed by atoms with E-state index in [4.69, 9.17) is 28.8 Å². The molecule has 17 heteroatoms. The van der Waals surface area contributed by atoms with Gasteiger partial charge in [0, 0.05) is 94.9 Å². The van der Waals surface area contributed by atoms with Crippen molar-refractivity contribution in [1.29, 1.82) is 0 Å². The van der Waals surface area contributed by atoms with Gasteiger partial charge in [-0.15, -0.1) is 72.0 Å². The summed E-state index contributed by atoms with van der Waals surface area (Å²) in [6.45, 7) is 0. The fourth-order valence-electron chi connectivity index (χ4n) is 18.0. The smallest absolute Gasteiger partial charge is 0.185 e. The minimum atomic E-state index is 0.833. The van der Waals surface area contributed by atoms with Crippen molar-refractivity contribution in [2.75, 3.05) is 0 Å². The van der Waals surface area contributed by atoms with Crippen LogP contribution in [0.3, 0.4) is 0 Å². The number of hydrogen-bond donors (Lipinski definition) is 0. The van der Waals surface area contributed by atoms with Gasteiger partial charge in [0.05, 0.1) is 53.1 Å². The third-order valence-electron chi connectivity index (χ3n) is 24.6. The molecule has 142 heavy (non-hydrogen) atoms. The van der Waals surface area contributed by atoms with E-state index in [1.165, 1.54) is 112 Å². The van der Waals surface area contributed by atoms with E-state index in [1.807, 2.05) is 150 Å². The number of benzene rings is 17. The summed E-state index contributed by atoms with van der Waals surface area (Å²) in [5, 5.41) is 39.9. The SMILES string of the molecule is c1ccc(-c2cnoc2-c2sc(-c3ccccc3)c3ccccc23)cc1.c1ccc(-c2conc2-c2sc(-c3ccccc3)c3ccccc23)cc1.c1ccc(-c2ncoc2-c2sc(-c3ccccc3)c3ccccc23)cc1.c1ccc(-c2nn(-c3ccccc3)nc2-c2sc(-c3ccccc3)c3ccccc23)cc1.c1ccc(-c2sc(-c3nnn(-c4ccccc4)c3-c3ccccc3)c3ccccc23)cc1. The first-order valence-electron chi connectivity index (χ1n) is 46.5. The lowest BCUT2D eigenvalue weighted by Gasteiger charge is -2.08. The van der Waals surface area contributed by atoms with Gasteiger partial charge in [-0.3, -0.25) is 0 Å². The maximum atomic E-state index is 5.86. The van der Waals surface area contributed by atoms with Crippen LogP contribution in [-0.4, -0.2) is 45.3 Å². The molecule has 0 aliphatic rings. The average molecular weight is 1920 g/mol. The average Bonchev–Trinajstić information content (AvgIpc) is 1.61. The first-order chi connectivity index (χ1) is 70.5. The third kappa shape index (κ3) is 18.0. The molecule has 0 aliphatic heterocycles. The van der Waals surface area contributed by atoms with E-state index in [0.29, 0.717) is 0 Å². The second kappa shape index (κ2) is 41.0. The largest absolute Gasteiger partial charge is 0.442 e. The quantitative estimate of drug-likeness (QED) is 0.0865. The predicted molar refractivity (Wildman–Crippen MR) is 591 cm³/mol. The number of para-hydroxylation sites is 2. The van der Waals surface area contributed by atoms with Crippen molar-refractivity contribution in [1.82, 2.24) is 45.3 Å². The second-order valence-electron chi connectivity index (χ2n) is 33.4. The molecule has 17 aromatic carbocycles. The molecule has 27 aromatic rings. The van der Waals surface area contributed by atoms with Gasteiger partial charge < -0.3 is 13.5 Å². The maximum absolute atomic E-state index is 5.86. The summed E-state index contributed by atoms with van der Waals surface area (Å²) in [7, 11) is 0. The van der Waals surface area contributed by atoms with Crippen molar-refractivity contribution in [3.8, 4) is 173 Å². The van der Waals surface area contributed by atoms with Crippen molar-refractivity contribution in [2.24, 2.45) is 0 Å². The standard InChI is InChI=1S/2C28H19N3S.3C23H15NOS/c1-4-12-20(13-5-1)26-25(29-30-31(26)22-16-8-3-9-17-22)28-24-19-11-10-18-23(24)27(32-28)21-14-6-2-7-15-21;1-4-12-20(13-5-1)25-26(30-31(29-25)22-16-8-3-9-17-22)28-24-19-11-10-18-23(24)27(32-28)21-14-6-2-7-15-21;1-3-9-16(10-4-1)20-21(25-15-24-20)23-19-14-8-7-13-18(19)22(26-23)17-11-5-2-6-12-17;1-3-9-16(10-4-1)20-15-25-24-21(20)23-19-14-8-7-13-18(19)22(26-23)17-11-5-2-6-12-17;1-3-9-16(10-4-1)20-15-24-25-21(20)23-19-14-8-7-13-18(19)22(26-23)17-11-5-2-6-12-17/h2*1-19H;3*1-15H. The highest BCUT2D eigenvalue weighted by Crippen LogP contribution is 2.53. The van der Waals surface area contributed by atoms with E-state index >= 15 is 0 Å². The minimum Gasteiger partial charge on any atom is -0.442 e. The molecular weight excluding hydrogens is 1840 g/mol. The first-order valence-corrected chi connectivity index (χ1v) is 50.6. The van der Waals surface area contributed by atoms with E-state index in [1.54, 1.807) is 73.9 Å². The lowest BCUT2D eigenvalue weighted by atomic mass is 10.0. The van der Waals surface area contributed by atoms with Crippen LogP contribution in [0.1, 0.15) is 0 Å². The van der Waals surface area contributed by atoms with Crippen LogP contribution in [0.25, 0.3) is 226 Å². The zero-order valence-electron chi connectivity index (χ0n) is 76.2. The number of aromatic nitrogens is 9. The summed E-state index contributed by atoms with van der Waals surface area (Å²) in [6.07, 6.45) is 5.08. The van der Waals surface area contributed by atoms with Gasteiger partial charge in [0.25, 0.3) is 0 Å². The number of fused-ring (bicyclic) bond motifs is 5. The van der Waals surface area contributed by atoms with E-state index in [9.17, 15) is 0 Å². The van der Waals surface area contributed by atoms with Gasteiger partial charge in [0.2, 0.25) is 0 Å². The minimum absolute atomic E-state index is 0.833. The molecule has 0 unspecified atom stereocenters. The molecule has 676 valence electrons. The van der Waals surface area contributed by atoms with Crippen LogP contribution < -0.4 is 0 Å². The fourth-order valence-corrected chi connectivity index (χ4v) is 24.3. The number of oxazole rings is 1. The molecular formula is C125H83N9O3S5. The number of thiophene rings is 5. The first kappa shape index (κ1) is 88.4. The molecule has 0 aliphatic carbocycles. The van der Waals surface area contributed by atoms with Gasteiger partial charge in [-0.05, 0) is 63.2 Å². The Morgan fingerprint density at radius 3 is 0.887 bits per heavy atom. The van der Waals surface area contributed by atoms with E-state index in [-0.39, 0.29) is 0 Å². The van der Waals surface area contributed by atoms with Crippen LogP contribution >= 0.6 is 56.7 Å². The van der Waals surface area contributed by atoms with Crippen molar-refractivity contribution in [3.63, 3.8) is 0 Å². The summed E-state index contributed by atoms with van der Waals surface area (Å²) >= 11 is 8.85. The summed E-state index contributed by atoms with van der Waals surface area (Å²) < 4.78 is 18.9. The normalized spacial score (nSPS) is 11.1. The van der Waals surface area contributed by atoms with Gasteiger partial charge in [-0.25, -0.2) is 9.67 Å². The highest BCUT2D eigenvalue weighted by atomic mass is 32.1. The topological polar surface area (TPSA) is 140 Å². The highest BCUT2D eigenvalue weighted by Gasteiger charge is 2.29. The van der Waals surface area contributed by atoms with Crippen molar-refractivity contribution < 1.29 is 13.5 Å².